The van der Waals surface area contributed by atoms with Gasteiger partial charge >= 0.3 is 0 Å². The third kappa shape index (κ3) is 4.19. The number of benzene rings is 1. The van der Waals surface area contributed by atoms with E-state index in [9.17, 15) is 0 Å². The molecule has 1 aliphatic rings. The summed E-state index contributed by atoms with van der Waals surface area (Å²) in [5.74, 6) is 6.12. The normalized spacial score (nSPS) is 22.9. The Labute approximate surface area is 127 Å². The quantitative estimate of drug-likeness (QED) is 0.340. The Kier molecular flexibility index (Phi) is 5.20. The van der Waals surface area contributed by atoms with Crippen molar-refractivity contribution in [2.24, 2.45) is 16.3 Å². The van der Waals surface area contributed by atoms with Crippen molar-refractivity contribution in [3.8, 4) is 0 Å². The maximum Gasteiger partial charge on any atom is 0.205 e. The molecule has 1 atom stereocenters. The van der Waals surface area contributed by atoms with E-state index >= 15 is 0 Å². The molecule has 5 nitrogen and oxygen atoms in total. The number of likely N-dealkylation sites (tertiary alicyclic amines) is 1. The van der Waals surface area contributed by atoms with Crippen molar-refractivity contribution in [2.45, 2.75) is 32.9 Å². The SMILES string of the molecule is CN=C(NN)NC1CCN(Cc2ccccc2)CC1(C)C. The monoisotopic (exact) mass is 289 g/mol. The van der Waals surface area contributed by atoms with Gasteiger partial charge in [-0.25, -0.2) is 5.84 Å². The third-order valence-electron chi connectivity index (χ3n) is 4.23. The number of rotatable bonds is 3. The average Bonchev–Trinajstić information content (AvgIpc) is 2.47. The molecule has 1 heterocycles. The molecule has 0 spiro atoms. The summed E-state index contributed by atoms with van der Waals surface area (Å²) < 4.78 is 0. The lowest BCUT2D eigenvalue weighted by molar-refractivity contribution is 0.0809. The molecular formula is C16H27N5. The lowest BCUT2D eigenvalue weighted by Gasteiger charge is -2.45. The van der Waals surface area contributed by atoms with Crippen LogP contribution < -0.4 is 16.6 Å². The zero-order valence-corrected chi connectivity index (χ0v) is 13.3. The smallest absolute Gasteiger partial charge is 0.205 e. The molecule has 0 aliphatic carbocycles. The molecule has 0 radical (unpaired) electrons. The number of hydrazine groups is 1. The van der Waals surface area contributed by atoms with Crippen LogP contribution in [-0.2, 0) is 6.54 Å². The summed E-state index contributed by atoms with van der Waals surface area (Å²) >= 11 is 0. The number of hydrogen-bond acceptors (Lipinski definition) is 3. The van der Waals surface area contributed by atoms with Crippen molar-refractivity contribution in [1.82, 2.24) is 15.6 Å². The van der Waals surface area contributed by atoms with Gasteiger partial charge in [-0.05, 0) is 17.4 Å². The van der Waals surface area contributed by atoms with Crippen molar-refractivity contribution in [2.75, 3.05) is 20.1 Å². The first-order valence-electron chi connectivity index (χ1n) is 7.51. The number of guanidine groups is 1. The largest absolute Gasteiger partial charge is 0.352 e. The van der Waals surface area contributed by atoms with E-state index in [1.54, 1.807) is 7.05 Å². The van der Waals surface area contributed by atoms with Gasteiger partial charge in [-0.15, -0.1) is 0 Å². The second kappa shape index (κ2) is 6.91. The summed E-state index contributed by atoms with van der Waals surface area (Å²) in [5.41, 5.74) is 4.15. The number of nitrogens with one attached hydrogen (secondary N) is 2. The first kappa shape index (κ1) is 15.8. The maximum absolute atomic E-state index is 5.46. The fourth-order valence-corrected chi connectivity index (χ4v) is 3.05. The van der Waals surface area contributed by atoms with Crippen LogP contribution in [0.4, 0.5) is 0 Å². The van der Waals surface area contributed by atoms with Gasteiger partial charge in [0.25, 0.3) is 0 Å². The minimum atomic E-state index is 0.166. The van der Waals surface area contributed by atoms with E-state index < -0.39 is 0 Å². The number of nitrogens with zero attached hydrogens (tertiary/aromatic N) is 2. The second-order valence-electron chi connectivity index (χ2n) is 6.39. The van der Waals surface area contributed by atoms with Crippen molar-refractivity contribution < 1.29 is 0 Å². The molecule has 1 aliphatic heterocycles. The summed E-state index contributed by atoms with van der Waals surface area (Å²) in [7, 11) is 1.74. The maximum atomic E-state index is 5.46. The molecular weight excluding hydrogens is 262 g/mol. The summed E-state index contributed by atoms with van der Waals surface area (Å²) in [5, 5.41) is 3.42. The third-order valence-corrected chi connectivity index (χ3v) is 4.23. The molecule has 0 bridgehead atoms. The van der Waals surface area contributed by atoms with E-state index in [4.69, 9.17) is 5.84 Å². The van der Waals surface area contributed by atoms with Gasteiger partial charge in [0, 0.05) is 32.7 Å². The van der Waals surface area contributed by atoms with Gasteiger partial charge in [0.05, 0.1) is 0 Å². The molecule has 4 N–H and O–H groups in total. The summed E-state index contributed by atoms with van der Waals surface area (Å²) in [4.78, 5) is 6.63. The van der Waals surface area contributed by atoms with Crippen molar-refractivity contribution >= 4 is 5.96 Å². The molecule has 1 aromatic rings. The van der Waals surface area contributed by atoms with Crippen LogP contribution in [-0.4, -0.2) is 37.0 Å². The Bertz CT molecular complexity index is 469. The Morgan fingerprint density at radius 1 is 1.38 bits per heavy atom. The van der Waals surface area contributed by atoms with Gasteiger partial charge in [-0.2, -0.15) is 0 Å². The van der Waals surface area contributed by atoms with Crippen LogP contribution in [0.25, 0.3) is 0 Å². The summed E-state index contributed by atoms with van der Waals surface area (Å²) in [6.07, 6.45) is 1.08. The van der Waals surface area contributed by atoms with Gasteiger partial charge in [0.15, 0.2) is 0 Å². The highest BCUT2D eigenvalue weighted by molar-refractivity contribution is 5.79. The van der Waals surface area contributed by atoms with E-state index in [0.29, 0.717) is 12.0 Å². The van der Waals surface area contributed by atoms with E-state index in [1.807, 2.05) is 0 Å². The molecule has 2 rings (SSSR count). The fourth-order valence-electron chi connectivity index (χ4n) is 3.05. The predicted molar refractivity (Wildman–Crippen MR) is 87.7 cm³/mol. The number of aliphatic imine (C=N–C) groups is 1. The van der Waals surface area contributed by atoms with Gasteiger partial charge in [0.1, 0.15) is 0 Å². The predicted octanol–water partition coefficient (Wildman–Crippen LogP) is 1.33. The van der Waals surface area contributed by atoms with Crippen LogP contribution in [0.2, 0.25) is 0 Å². The lowest BCUT2D eigenvalue weighted by atomic mass is 9.79. The Hall–Kier alpha value is -1.59. The summed E-state index contributed by atoms with van der Waals surface area (Å²) in [6, 6.07) is 11.0. The van der Waals surface area contributed by atoms with Gasteiger partial charge in [0.2, 0.25) is 5.96 Å². The van der Waals surface area contributed by atoms with Crippen LogP contribution >= 0.6 is 0 Å². The molecule has 0 saturated carbocycles. The topological polar surface area (TPSA) is 65.7 Å². The minimum Gasteiger partial charge on any atom is -0.352 e. The first-order chi connectivity index (χ1) is 10.0. The van der Waals surface area contributed by atoms with E-state index in [0.717, 1.165) is 26.1 Å². The molecule has 1 saturated heterocycles. The average molecular weight is 289 g/mol. The van der Waals surface area contributed by atoms with Gasteiger partial charge < -0.3 is 5.32 Å². The number of piperidine rings is 1. The lowest BCUT2D eigenvalue weighted by Crippen LogP contribution is -2.58. The first-order valence-corrected chi connectivity index (χ1v) is 7.51. The van der Waals surface area contributed by atoms with Crippen LogP contribution in [0.1, 0.15) is 25.8 Å². The molecule has 5 heteroatoms. The van der Waals surface area contributed by atoms with Crippen LogP contribution in [0.3, 0.4) is 0 Å². The standard InChI is InChI=1S/C16H27N5/c1-16(2)12-21(11-13-7-5-4-6-8-13)10-9-14(16)19-15(18-3)20-17/h4-8,14H,9-12,17H2,1-3H3,(H2,18,19,20). The minimum absolute atomic E-state index is 0.166. The van der Waals surface area contributed by atoms with Gasteiger partial charge in [-0.1, -0.05) is 44.2 Å². The van der Waals surface area contributed by atoms with E-state index in [-0.39, 0.29) is 5.41 Å². The summed E-state index contributed by atoms with van der Waals surface area (Å²) in [6.45, 7) is 7.75. The fraction of sp³-hybridized carbons (Fsp3) is 0.562. The Morgan fingerprint density at radius 2 is 2.10 bits per heavy atom. The molecule has 1 fully saturated rings. The van der Waals surface area contributed by atoms with Crippen LogP contribution in [0.15, 0.2) is 35.3 Å². The molecule has 0 aromatic heterocycles. The van der Waals surface area contributed by atoms with Crippen LogP contribution in [0.5, 0.6) is 0 Å². The van der Waals surface area contributed by atoms with Crippen molar-refractivity contribution in [3.05, 3.63) is 35.9 Å². The van der Waals surface area contributed by atoms with E-state index in [1.165, 1.54) is 5.56 Å². The molecule has 1 unspecified atom stereocenters. The molecule has 1 aromatic carbocycles. The number of hydrogen-bond donors (Lipinski definition) is 3. The highest BCUT2D eigenvalue weighted by Gasteiger charge is 2.36. The van der Waals surface area contributed by atoms with E-state index in [2.05, 4.69) is 64.8 Å². The second-order valence-corrected chi connectivity index (χ2v) is 6.39. The highest BCUT2D eigenvalue weighted by atomic mass is 15.3. The zero-order valence-electron chi connectivity index (χ0n) is 13.3. The number of nitrogens with two attached hydrogens (primary N) is 1. The van der Waals surface area contributed by atoms with Crippen molar-refractivity contribution in [1.29, 1.82) is 0 Å². The van der Waals surface area contributed by atoms with Crippen LogP contribution in [0, 0.1) is 5.41 Å². The Morgan fingerprint density at radius 3 is 2.67 bits per heavy atom. The molecule has 21 heavy (non-hydrogen) atoms. The molecule has 0 amide bonds. The van der Waals surface area contributed by atoms with Crippen molar-refractivity contribution in [3.63, 3.8) is 0 Å². The highest BCUT2D eigenvalue weighted by Crippen LogP contribution is 2.30. The zero-order chi connectivity index (χ0) is 15.3. The Balaban J connectivity index is 1.96. The van der Waals surface area contributed by atoms with Gasteiger partial charge in [-0.3, -0.25) is 15.3 Å². The molecule has 116 valence electrons.